The Morgan fingerprint density at radius 2 is 2.11 bits per heavy atom. The molecule has 0 amide bonds. The topological polar surface area (TPSA) is 33.1 Å². The van der Waals surface area contributed by atoms with E-state index in [-0.39, 0.29) is 0 Å². The van der Waals surface area contributed by atoms with Crippen molar-refractivity contribution in [2.45, 2.75) is 90.8 Å². The molecule has 0 spiro atoms. The van der Waals surface area contributed by atoms with Gasteiger partial charge in [-0.05, 0) is 63.8 Å². The third kappa shape index (κ3) is 6.80. The fourth-order valence-electron chi connectivity index (χ4n) is 4.68. The number of allylic oxidation sites excluding steroid dienone is 2. The van der Waals surface area contributed by atoms with E-state index >= 15 is 0 Å². The fraction of sp³-hybridized carbons (Fsp3) is 0.708. The van der Waals surface area contributed by atoms with Crippen LogP contribution in [0.3, 0.4) is 0 Å². The molecule has 1 aromatic rings. The number of aromatic nitrogens is 2. The summed E-state index contributed by atoms with van der Waals surface area (Å²) in [4.78, 5) is 6.83. The molecule has 1 N–H and O–H groups in total. The van der Waals surface area contributed by atoms with Gasteiger partial charge in [-0.25, -0.2) is 4.98 Å². The average molecular weight is 387 g/mol. The number of imidazole rings is 1. The quantitative estimate of drug-likeness (QED) is 0.547. The molecule has 0 aromatic carbocycles. The summed E-state index contributed by atoms with van der Waals surface area (Å²) < 4.78 is 2.19. The maximum Gasteiger partial charge on any atom is 0.0946 e. The van der Waals surface area contributed by atoms with Gasteiger partial charge in [-0.3, -0.25) is 4.90 Å². The predicted molar refractivity (Wildman–Crippen MR) is 120 cm³/mol. The fourth-order valence-corrected chi connectivity index (χ4v) is 4.68. The first kappa shape index (κ1) is 22.7. The van der Waals surface area contributed by atoms with Crippen LogP contribution in [0.5, 0.6) is 0 Å². The summed E-state index contributed by atoms with van der Waals surface area (Å²) in [5.41, 5.74) is 1.49. The predicted octanol–water partition coefficient (Wildman–Crippen LogP) is 5.39. The molecule has 0 bridgehead atoms. The minimum Gasteiger partial charge on any atom is -0.385 e. The molecule has 0 radical (unpaired) electrons. The minimum absolute atomic E-state index is 0.575. The molecule has 4 heteroatoms. The number of rotatable bonds is 10. The molecule has 1 aromatic heterocycles. The summed E-state index contributed by atoms with van der Waals surface area (Å²) in [5.74, 6) is 0.884. The van der Waals surface area contributed by atoms with Crippen LogP contribution in [0.15, 0.2) is 43.1 Å². The summed E-state index contributed by atoms with van der Waals surface area (Å²) in [6.07, 6.45) is 20.6. The second-order valence-corrected chi connectivity index (χ2v) is 7.95. The lowest BCUT2D eigenvalue weighted by Gasteiger charge is -2.30. The molecule has 2 fully saturated rings. The van der Waals surface area contributed by atoms with Gasteiger partial charge in [-0.15, -0.1) is 6.58 Å². The maximum atomic E-state index is 4.16. The Kier molecular flexibility index (Phi) is 10.4. The van der Waals surface area contributed by atoms with Crippen LogP contribution in [-0.2, 0) is 6.54 Å². The van der Waals surface area contributed by atoms with Crippen molar-refractivity contribution in [3.63, 3.8) is 0 Å². The molecule has 1 aliphatic carbocycles. The standard InChI is InChI=1S/C22H36N4.C2H6/c1-3-5-8-19-10-11-20(17-19)24-21(7-4-2)22-9-6-13-26(22)16-15-25-14-12-23-18-25;1-2/h3,7,12,14,18-20,22,24H,1,4-6,8-11,13,15-17H2,2H3;1-2H3. The van der Waals surface area contributed by atoms with Gasteiger partial charge < -0.3 is 9.88 Å². The van der Waals surface area contributed by atoms with Crippen molar-refractivity contribution in [1.82, 2.24) is 19.8 Å². The van der Waals surface area contributed by atoms with Crippen LogP contribution in [0, 0.1) is 5.92 Å². The Morgan fingerprint density at radius 1 is 1.25 bits per heavy atom. The highest BCUT2D eigenvalue weighted by Gasteiger charge is 2.30. The number of nitrogens with zero attached hydrogens (tertiary/aromatic N) is 3. The third-order valence-corrected chi connectivity index (χ3v) is 6.04. The summed E-state index contributed by atoms with van der Waals surface area (Å²) in [6, 6.07) is 1.24. The highest BCUT2D eigenvalue weighted by Crippen LogP contribution is 2.31. The lowest BCUT2D eigenvalue weighted by atomic mass is 10.0. The van der Waals surface area contributed by atoms with E-state index in [0.29, 0.717) is 12.1 Å². The van der Waals surface area contributed by atoms with Crippen molar-refractivity contribution in [1.29, 1.82) is 0 Å². The van der Waals surface area contributed by atoms with E-state index in [1.807, 2.05) is 26.4 Å². The molecule has 2 aliphatic rings. The van der Waals surface area contributed by atoms with Gasteiger partial charge in [0.15, 0.2) is 0 Å². The molecule has 158 valence electrons. The molecule has 1 aliphatic heterocycles. The van der Waals surface area contributed by atoms with Crippen molar-refractivity contribution >= 4 is 0 Å². The van der Waals surface area contributed by atoms with Gasteiger partial charge in [0.05, 0.1) is 6.33 Å². The van der Waals surface area contributed by atoms with Gasteiger partial charge >= 0.3 is 0 Å². The molecule has 3 atom stereocenters. The van der Waals surface area contributed by atoms with Crippen LogP contribution in [0.25, 0.3) is 0 Å². The summed E-state index contributed by atoms with van der Waals surface area (Å²) in [5, 5.41) is 3.96. The van der Waals surface area contributed by atoms with Crippen molar-refractivity contribution in [2.24, 2.45) is 5.92 Å². The van der Waals surface area contributed by atoms with E-state index in [1.54, 1.807) is 0 Å². The SMILES string of the molecule is C=CCCC1CCC(NC(=CCC)C2CCCN2CCn2ccnc2)C1.CC. The first-order valence-corrected chi connectivity index (χ1v) is 11.6. The molecule has 3 unspecified atom stereocenters. The lowest BCUT2D eigenvalue weighted by Crippen LogP contribution is -2.40. The largest absolute Gasteiger partial charge is 0.385 e. The number of nitrogens with one attached hydrogen (secondary N) is 1. The van der Waals surface area contributed by atoms with E-state index < -0.39 is 0 Å². The average Bonchev–Trinajstić information content (AvgIpc) is 3.47. The molecule has 28 heavy (non-hydrogen) atoms. The Bertz CT molecular complexity index is 563. The van der Waals surface area contributed by atoms with E-state index in [2.05, 4.69) is 51.6 Å². The van der Waals surface area contributed by atoms with Crippen LogP contribution in [0.4, 0.5) is 0 Å². The number of likely N-dealkylation sites (tertiary alicyclic amines) is 1. The monoisotopic (exact) mass is 386 g/mol. The minimum atomic E-state index is 0.575. The van der Waals surface area contributed by atoms with E-state index in [9.17, 15) is 0 Å². The molecule has 1 saturated carbocycles. The van der Waals surface area contributed by atoms with Crippen molar-refractivity contribution in [3.05, 3.63) is 43.1 Å². The van der Waals surface area contributed by atoms with Gasteiger partial charge in [0.25, 0.3) is 0 Å². The summed E-state index contributed by atoms with van der Waals surface area (Å²) >= 11 is 0. The van der Waals surface area contributed by atoms with E-state index in [1.165, 1.54) is 57.2 Å². The highest BCUT2D eigenvalue weighted by atomic mass is 15.2. The third-order valence-electron chi connectivity index (χ3n) is 6.04. The molecule has 2 heterocycles. The van der Waals surface area contributed by atoms with Crippen LogP contribution < -0.4 is 5.32 Å². The Morgan fingerprint density at radius 3 is 2.82 bits per heavy atom. The molecule has 1 saturated heterocycles. The first-order valence-electron chi connectivity index (χ1n) is 11.6. The second-order valence-electron chi connectivity index (χ2n) is 7.95. The number of hydrogen-bond acceptors (Lipinski definition) is 3. The van der Waals surface area contributed by atoms with Crippen molar-refractivity contribution in [3.8, 4) is 0 Å². The molecule has 4 nitrogen and oxygen atoms in total. The van der Waals surface area contributed by atoms with Gasteiger partial charge in [0.2, 0.25) is 0 Å². The van der Waals surface area contributed by atoms with Crippen molar-refractivity contribution in [2.75, 3.05) is 13.1 Å². The zero-order valence-electron chi connectivity index (χ0n) is 18.4. The van der Waals surface area contributed by atoms with Gasteiger partial charge in [0.1, 0.15) is 0 Å². The van der Waals surface area contributed by atoms with Crippen LogP contribution in [0.1, 0.15) is 72.1 Å². The van der Waals surface area contributed by atoms with Crippen LogP contribution in [0.2, 0.25) is 0 Å². The Labute approximate surface area is 173 Å². The van der Waals surface area contributed by atoms with Crippen molar-refractivity contribution < 1.29 is 0 Å². The first-order chi connectivity index (χ1) is 13.8. The van der Waals surface area contributed by atoms with Crippen LogP contribution >= 0.6 is 0 Å². The normalized spacial score (nSPS) is 25.4. The summed E-state index contributed by atoms with van der Waals surface area (Å²) in [7, 11) is 0. The maximum absolute atomic E-state index is 4.16. The second kappa shape index (κ2) is 12.8. The smallest absolute Gasteiger partial charge is 0.0946 e. The zero-order valence-corrected chi connectivity index (χ0v) is 18.4. The molecular formula is C24H42N4. The lowest BCUT2D eigenvalue weighted by molar-refractivity contribution is 0.258. The van der Waals surface area contributed by atoms with Gasteiger partial charge in [-0.1, -0.05) is 32.9 Å². The Balaban J connectivity index is 0.00000136. The number of hydrogen-bond donors (Lipinski definition) is 1. The zero-order chi connectivity index (χ0) is 20.2. The Hall–Kier alpha value is -1.55. The van der Waals surface area contributed by atoms with Gasteiger partial charge in [0, 0.05) is 43.3 Å². The molecule has 3 rings (SSSR count). The highest BCUT2D eigenvalue weighted by molar-refractivity contribution is 5.13. The summed E-state index contributed by atoms with van der Waals surface area (Å²) in [6.45, 7) is 13.5. The molecular weight excluding hydrogens is 344 g/mol. The van der Waals surface area contributed by atoms with E-state index in [0.717, 1.165) is 25.4 Å². The van der Waals surface area contributed by atoms with Crippen LogP contribution in [-0.4, -0.2) is 39.6 Å². The van der Waals surface area contributed by atoms with Gasteiger partial charge in [-0.2, -0.15) is 0 Å². The van der Waals surface area contributed by atoms with E-state index in [4.69, 9.17) is 0 Å².